The summed E-state index contributed by atoms with van der Waals surface area (Å²) >= 11 is 15.6. The molecule has 0 spiro atoms. The molecule has 9 heteroatoms. The number of nitriles is 1. The molecule has 0 bridgehead atoms. The number of hydrogen-bond donors (Lipinski definition) is 1. The first-order valence-electron chi connectivity index (χ1n) is 9.94. The highest BCUT2D eigenvalue weighted by Gasteiger charge is 2.19. The number of nitrogens with one attached hydrogen (secondary N) is 1. The van der Waals surface area contributed by atoms with E-state index < -0.39 is 11.9 Å². The lowest BCUT2D eigenvalue weighted by Crippen LogP contribution is -2.14. The van der Waals surface area contributed by atoms with Gasteiger partial charge in [0.2, 0.25) is 0 Å². The zero-order valence-corrected chi connectivity index (χ0v) is 20.9. The summed E-state index contributed by atoms with van der Waals surface area (Å²) in [6, 6.07) is 18.3. The zero-order valence-electron chi connectivity index (χ0n) is 17.8. The summed E-state index contributed by atoms with van der Waals surface area (Å²) in [4.78, 5) is 25.2. The molecule has 0 aromatic heterocycles. The van der Waals surface area contributed by atoms with Crippen molar-refractivity contribution in [1.29, 1.82) is 5.26 Å². The molecule has 3 aromatic rings. The molecule has 34 heavy (non-hydrogen) atoms. The van der Waals surface area contributed by atoms with Crippen molar-refractivity contribution in [2.24, 2.45) is 0 Å². The van der Waals surface area contributed by atoms with Gasteiger partial charge in [-0.05, 0) is 70.9 Å². The van der Waals surface area contributed by atoms with Crippen LogP contribution in [0.2, 0.25) is 10.0 Å². The van der Waals surface area contributed by atoms with Crippen molar-refractivity contribution in [2.45, 2.75) is 6.92 Å². The number of carbonyl (C=O) groups is 2. The average molecular weight is 560 g/mol. The predicted octanol–water partition coefficient (Wildman–Crippen LogP) is 6.92. The highest BCUT2D eigenvalue weighted by molar-refractivity contribution is 9.10. The Kier molecular flexibility index (Phi) is 8.72. The third-order valence-electron chi connectivity index (χ3n) is 4.41. The molecular formula is C25H17BrCl2N2O4. The van der Waals surface area contributed by atoms with Crippen LogP contribution in [0.3, 0.4) is 0 Å². The molecule has 0 unspecified atom stereocenters. The van der Waals surface area contributed by atoms with Crippen LogP contribution in [0, 0.1) is 11.3 Å². The van der Waals surface area contributed by atoms with E-state index in [1.807, 2.05) is 6.07 Å². The van der Waals surface area contributed by atoms with Gasteiger partial charge in [-0.2, -0.15) is 5.26 Å². The Morgan fingerprint density at radius 2 is 1.76 bits per heavy atom. The molecule has 0 radical (unpaired) electrons. The minimum Gasteiger partial charge on any atom is -0.490 e. The van der Waals surface area contributed by atoms with E-state index in [0.717, 1.165) is 0 Å². The van der Waals surface area contributed by atoms with E-state index in [-0.39, 0.29) is 32.8 Å². The van der Waals surface area contributed by atoms with E-state index in [2.05, 4.69) is 21.2 Å². The molecule has 1 amide bonds. The first-order chi connectivity index (χ1) is 16.3. The van der Waals surface area contributed by atoms with Gasteiger partial charge in [0.05, 0.1) is 32.4 Å². The van der Waals surface area contributed by atoms with Gasteiger partial charge in [-0.1, -0.05) is 47.5 Å². The maximum atomic E-state index is 12.7. The van der Waals surface area contributed by atoms with Crippen LogP contribution in [-0.2, 0) is 4.79 Å². The van der Waals surface area contributed by atoms with E-state index in [9.17, 15) is 14.9 Å². The van der Waals surface area contributed by atoms with Gasteiger partial charge in [-0.25, -0.2) is 4.79 Å². The number of anilines is 1. The van der Waals surface area contributed by atoms with Gasteiger partial charge in [0.25, 0.3) is 5.91 Å². The number of amides is 1. The van der Waals surface area contributed by atoms with Crippen LogP contribution in [-0.4, -0.2) is 18.5 Å². The van der Waals surface area contributed by atoms with E-state index in [0.29, 0.717) is 22.2 Å². The normalized spacial score (nSPS) is 10.9. The lowest BCUT2D eigenvalue weighted by Gasteiger charge is -2.14. The molecule has 3 aromatic carbocycles. The Labute approximate surface area is 214 Å². The molecule has 0 saturated carbocycles. The molecule has 0 heterocycles. The number of ether oxygens (including phenoxy) is 2. The first kappa shape index (κ1) is 25.3. The molecular weight excluding hydrogens is 543 g/mol. The quantitative estimate of drug-likeness (QED) is 0.147. The molecule has 0 aliphatic carbocycles. The summed E-state index contributed by atoms with van der Waals surface area (Å²) in [7, 11) is 0. The second-order valence-corrected chi connectivity index (χ2v) is 8.41. The summed E-state index contributed by atoms with van der Waals surface area (Å²) in [5.74, 6) is -0.802. The van der Waals surface area contributed by atoms with Crippen LogP contribution < -0.4 is 14.8 Å². The fraction of sp³-hybridized carbons (Fsp3) is 0.0800. The Hall–Kier alpha value is -3.31. The fourth-order valence-electron chi connectivity index (χ4n) is 2.87. The van der Waals surface area contributed by atoms with Crippen LogP contribution in [0.15, 0.2) is 70.7 Å². The number of benzene rings is 3. The van der Waals surface area contributed by atoms with E-state index in [1.165, 1.54) is 6.08 Å². The fourth-order valence-corrected chi connectivity index (χ4v) is 3.91. The van der Waals surface area contributed by atoms with Crippen molar-refractivity contribution in [3.63, 3.8) is 0 Å². The van der Waals surface area contributed by atoms with E-state index in [1.54, 1.807) is 67.6 Å². The van der Waals surface area contributed by atoms with Crippen molar-refractivity contribution in [3.8, 4) is 17.6 Å². The molecule has 0 atom stereocenters. The third kappa shape index (κ3) is 6.17. The number of para-hydroxylation sites is 1. The van der Waals surface area contributed by atoms with Crippen LogP contribution in [0.4, 0.5) is 5.69 Å². The number of rotatable bonds is 7. The Bertz CT molecular complexity index is 1280. The highest BCUT2D eigenvalue weighted by atomic mass is 79.9. The lowest BCUT2D eigenvalue weighted by atomic mass is 10.1. The summed E-state index contributed by atoms with van der Waals surface area (Å²) in [6.07, 6.45) is 1.37. The van der Waals surface area contributed by atoms with Crippen molar-refractivity contribution in [3.05, 3.63) is 91.9 Å². The number of halogens is 3. The van der Waals surface area contributed by atoms with E-state index in [4.69, 9.17) is 32.7 Å². The molecule has 0 aliphatic heterocycles. The lowest BCUT2D eigenvalue weighted by molar-refractivity contribution is -0.112. The number of nitrogens with zero attached hydrogens (tertiary/aromatic N) is 1. The van der Waals surface area contributed by atoms with Gasteiger partial charge >= 0.3 is 5.97 Å². The van der Waals surface area contributed by atoms with Crippen molar-refractivity contribution >= 4 is 62.8 Å². The van der Waals surface area contributed by atoms with Crippen molar-refractivity contribution < 1.29 is 19.1 Å². The van der Waals surface area contributed by atoms with Crippen molar-refractivity contribution in [1.82, 2.24) is 0 Å². The average Bonchev–Trinajstić information content (AvgIpc) is 2.82. The first-order valence-corrected chi connectivity index (χ1v) is 11.5. The van der Waals surface area contributed by atoms with E-state index >= 15 is 0 Å². The third-order valence-corrected chi connectivity index (χ3v) is 5.63. The smallest absolute Gasteiger partial charge is 0.343 e. The topological polar surface area (TPSA) is 88.4 Å². The summed E-state index contributed by atoms with van der Waals surface area (Å²) in [5.41, 5.74) is 0.852. The maximum Gasteiger partial charge on any atom is 0.343 e. The minimum atomic E-state index is -0.689. The molecule has 172 valence electrons. The van der Waals surface area contributed by atoms with Crippen LogP contribution in [0.1, 0.15) is 22.8 Å². The Balaban J connectivity index is 1.92. The Morgan fingerprint density at radius 3 is 2.38 bits per heavy atom. The zero-order chi connectivity index (χ0) is 24.7. The predicted molar refractivity (Wildman–Crippen MR) is 135 cm³/mol. The standard InChI is InChI=1S/C25H17BrCl2N2O4/c1-2-33-21-13-15(12-18(26)23(21)34-25(32)16-7-4-3-5-8-16)11-17(14-29)24(31)30-22-19(27)9-6-10-20(22)28/h3-13H,2H2,1H3,(H,30,31)/b17-11+. The molecule has 0 aliphatic rings. The van der Waals surface area contributed by atoms with Gasteiger partial charge in [0.1, 0.15) is 11.6 Å². The molecule has 6 nitrogen and oxygen atoms in total. The second kappa shape index (κ2) is 11.7. The largest absolute Gasteiger partial charge is 0.490 e. The van der Waals surface area contributed by atoms with Gasteiger partial charge in [0.15, 0.2) is 11.5 Å². The molecule has 1 N–H and O–H groups in total. The van der Waals surface area contributed by atoms with Crippen LogP contribution in [0.5, 0.6) is 11.5 Å². The minimum absolute atomic E-state index is 0.179. The number of hydrogen-bond acceptors (Lipinski definition) is 5. The summed E-state index contributed by atoms with van der Waals surface area (Å²) in [5, 5.41) is 12.6. The van der Waals surface area contributed by atoms with Crippen LogP contribution >= 0.6 is 39.1 Å². The van der Waals surface area contributed by atoms with Gasteiger partial charge < -0.3 is 14.8 Å². The van der Waals surface area contributed by atoms with Crippen molar-refractivity contribution in [2.75, 3.05) is 11.9 Å². The number of carbonyl (C=O) groups excluding carboxylic acids is 2. The molecule has 0 saturated heterocycles. The molecule has 0 fully saturated rings. The maximum absolute atomic E-state index is 12.7. The Morgan fingerprint density at radius 1 is 1.09 bits per heavy atom. The highest BCUT2D eigenvalue weighted by Crippen LogP contribution is 2.38. The summed E-state index contributed by atoms with van der Waals surface area (Å²) < 4.78 is 11.6. The molecule has 3 rings (SSSR count). The SMILES string of the molecule is CCOc1cc(/C=C(\C#N)C(=O)Nc2c(Cl)cccc2Cl)cc(Br)c1OC(=O)c1ccccc1. The van der Waals surface area contributed by atoms with Gasteiger partial charge in [-0.15, -0.1) is 0 Å². The second-order valence-electron chi connectivity index (χ2n) is 6.74. The summed E-state index contributed by atoms with van der Waals surface area (Å²) in [6.45, 7) is 2.08. The number of esters is 1. The van der Waals surface area contributed by atoms with Gasteiger partial charge in [0, 0.05) is 0 Å². The van der Waals surface area contributed by atoms with Gasteiger partial charge in [-0.3, -0.25) is 4.79 Å². The monoisotopic (exact) mass is 558 g/mol. The van der Waals surface area contributed by atoms with Crippen LogP contribution in [0.25, 0.3) is 6.08 Å².